The van der Waals surface area contributed by atoms with E-state index in [9.17, 15) is 9.18 Å². The van der Waals surface area contributed by atoms with Crippen LogP contribution in [0.5, 0.6) is 5.75 Å². The van der Waals surface area contributed by atoms with E-state index in [4.69, 9.17) is 16.3 Å². The van der Waals surface area contributed by atoms with E-state index < -0.39 is 0 Å². The van der Waals surface area contributed by atoms with E-state index in [1.54, 1.807) is 30.3 Å². The van der Waals surface area contributed by atoms with Crippen LogP contribution in [0.4, 0.5) is 10.1 Å². The molecule has 144 valence electrons. The summed E-state index contributed by atoms with van der Waals surface area (Å²) in [6.07, 6.45) is 0. The summed E-state index contributed by atoms with van der Waals surface area (Å²) in [5.74, 6) is -0.0270. The lowest BCUT2D eigenvalue weighted by atomic mass is 9.98. The third kappa shape index (κ3) is 5.09. The summed E-state index contributed by atoms with van der Waals surface area (Å²) in [5.41, 5.74) is 2.34. The van der Waals surface area contributed by atoms with Crippen LogP contribution in [0.15, 0.2) is 72.8 Å². The molecule has 0 bridgehead atoms. The molecule has 0 fully saturated rings. The predicted octanol–water partition coefficient (Wildman–Crippen LogP) is 4.81. The van der Waals surface area contributed by atoms with Crippen molar-refractivity contribution in [2.24, 2.45) is 0 Å². The molecule has 0 aromatic heterocycles. The van der Waals surface area contributed by atoms with Crippen LogP contribution in [0.25, 0.3) is 0 Å². The van der Waals surface area contributed by atoms with Crippen LogP contribution in [-0.4, -0.2) is 19.6 Å². The lowest BCUT2D eigenvalue weighted by molar-refractivity contribution is -0.115. The number of benzene rings is 3. The number of hydrogen-bond donors (Lipinski definition) is 2. The maximum atomic E-state index is 13.3. The zero-order valence-corrected chi connectivity index (χ0v) is 16.0. The third-order valence-corrected chi connectivity index (χ3v) is 4.47. The number of hydrogen-bond acceptors (Lipinski definition) is 3. The summed E-state index contributed by atoms with van der Waals surface area (Å²) < 4.78 is 18.6. The van der Waals surface area contributed by atoms with Gasteiger partial charge >= 0.3 is 0 Å². The van der Waals surface area contributed by atoms with Crippen LogP contribution in [0.2, 0.25) is 5.02 Å². The van der Waals surface area contributed by atoms with E-state index >= 15 is 0 Å². The van der Waals surface area contributed by atoms with Crippen molar-refractivity contribution in [2.75, 3.05) is 19.0 Å². The van der Waals surface area contributed by atoms with Gasteiger partial charge in [0, 0.05) is 5.02 Å². The average Bonchev–Trinajstić information content (AvgIpc) is 2.70. The van der Waals surface area contributed by atoms with Crippen LogP contribution >= 0.6 is 11.6 Å². The Morgan fingerprint density at radius 2 is 1.71 bits per heavy atom. The zero-order chi connectivity index (χ0) is 19.9. The molecule has 0 saturated heterocycles. The number of rotatable bonds is 7. The van der Waals surface area contributed by atoms with Gasteiger partial charge in [0.15, 0.2) is 0 Å². The summed E-state index contributed by atoms with van der Waals surface area (Å²) in [4.78, 5) is 12.5. The highest BCUT2D eigenvalue weighted by atomic mass is 35.5. The molecule has 4 nitrogen and oxygen atoms in total. The second-order valence-electron chi connectivity index (χ2n) is 6.17. The molecule has 0 aliphatic rings. The Bertz CT molecular complexity index is 933. The maximum absolute atomic E-state index is 13.3. The molecule has 0 radical (unpaired) electrons. The molecule has 28 heavy (non-hydrogen) atoms. The fourth-order valence-corrected chi connectivity index (χ4v) is 3.07. The van der Waals surface area contributed by atoms with Gasteiger partial charge in [0.1, 0.15) is 11.6 Å². The van der Waals surface area contributed by atoms with E-state index in [1.165, 1.54) is 19.2 Å². The summed E-state index contributed by atoms with van der Waals surface area (Å²) in [6.45, 7) is 0.0482. The van der Waals surface area contributed by atoms with Crippen molar-refractivity contribution in [3.8, 4) is 5.75 Å². The van der Waals surface area contributed by atoms with E-state index in [0.29, 0.717) is 16.5 Å². The molecule has 3 rings (SSSR count). The van der Waals surface area contributed by atoms with Gasteiger partial charge in [0.25, 0.3) is 0 Å². The molecule has 0 aliphatic carbocycles. The molecule has 1 amide bonds. The largest absolute Gasteiger partial charge is 0.495 e. The van der Waals surface area contributed by atoms with Crippen molar-refractivity contribution in [1.82, 2.24) is 5.32 Å². The number of carbonyl (C=O) groups is 1. The zero-order valence-electron chi connectivity index (χ0n) is 15.3. The SMILES string of the molecule is COc1ccc(Cl)cc1NC(=O)CNC(c1ccccc1)c1ccc(F)cc1. The number of amides is 1. The first kappa shape index (κ1) is 19.9. The molecule has 0 spiro atoms. The van der Waals surface area contributed by atoms with E-state index in [0.717, 1.165) is 11.1 Å². The lowest BCUT2D eigenvalue weighted by Crippen LogP contribution is -2.32. The normalized spacial score (nSPS) is 11.7. The van der Waals surface area contributed by atoms with Crippen LogP contribution in [0.3, 0.4) is 0 Å². The number of methoxy groups -OCH3 is 1. The molecular formula is C22H20ClFN2O2. The molecule has 3 aromatic carbocycles. The Kier molecular flexibility index (Phi) is 6.63. The second-order valence-corrected chi connectivity index (χ2v) is 6.61. The van der Waals surface area contributed by atoms with Crippen molar-refractivity contribution in [1.29, 1.82) is 0 Å². The maximum Gasteiger partial charge on any atom is 0.238 e. The second kappa shape index (κ2) is 9.35. The molecule has 1 unspecified atom stereocenters. The fourth-order valence-electron chi connectivity index (χ4n) is 2.90. The van der Waals surface area contributed by atoms with Crippen molar-refractivity contribution in [3.63, 3.8) is 0 Å². The minimum Gasteiger partial charge on any atom is -0.495 e. The van der Waals surface area contributed by atoms with Crippen LogP contribution in [0.1, 0.15) is 17.2 Å². The Morgan fingerprint density at radius 3 is 2.39 bits per heavy atom. The minimum atomic E-state index is -0.304. The summed E-state index contributed by atoms with van der Waals surface area (Å²) in [7, 11) is 1.52. The van der Waals surface area contributed by atoms with Crippen molar-refractivity contribution < 1.29 is 13.9 Å². The first-order valence-corrected chi connectivity index (χ1v) is 9.12. The summed E-state index contributed by atoms with van der Waals surface area (Å²) >= 11 is 6.00. The molecular weight excluding hydrogens is 379 g/mol. The Morgan fingerprint density at radius 1 is 1.04 bits per heavy atom. The van der Waals surface area contributed by atoms with Gasteiger partial charge in [-0.15, -0.1) is 0 Å². The smallest absolute Gasteiger partial charge is 0.238 e. The molecule has 6 heteroatoms. The highest BCUT2D eigenvalue weighted by Crippen LogP contribution is 2.27. The molecule has 0 heterocycles. The van der Waals surface area contributed by atoms with Gasteiger partial charge in [0.2, 0.25) is 5.91 Å². The predicted molar refractivity (Wildman–Crippen MR) is 109 cm³/mol. The van der Waals surface area contributed by atoms with Crippen molar-refractivity contribution >= 4 is 23.2 Å². The molecule has 3 aromatic rings. The number of anilines is 1. The number of nitrogens with one attached hydrogen (secondary N) is 2. The van der Waals surface area contributed by atoms with Gasteiger partial charge in [-0.1, -0.05) is 54.1 Å². The molecule has 1 atom stereocenters. The topological polar surface area (TPSA) is 50.4 Å². The summed E-state index contributed by atoms with van der Waals surface area (Å²) in [6, 6.07) is 20.7. The van der Waals surface area contributed by atoms with Gasteiger partial charge in [-0.2, -0.15) is 0 Å². The molecule has 0 saturated carbocycles. The Labute approximate surface area is 168 Å². The highest BCUT2D eigenvalue weighted by molar-refractivity contribution is 6.31. The minimum absolute atomic E-state index is 0.0482. The van der Waals surface area contributed by atoms with E-state index in [2.05, 4.69) is 10.6 Å². The van der Waals surface area contributed by atoms with Gasteiger partial charge in [-0.25, -0.2) is 4.39 Å². The first-order chi connectivity index (χ1) is 13.6. The Balaban J connectivity index is 1.74. The quantitative estimate of drug-likeness (QED) is 0.600. The van der Waals surface area contributed by atoms with Crippen LogP contribution in [-0.2, 0) is 4.79 Å². The van der Waals surface area contributed by atoms with Gasteiger partial charge in [-0.05, 0) is 41.5 Å². The number of halogens is 2. The highest BCUT2D eigenvalue weighted by Gasteiger charge is 2.16. The fraction of sp³-hybridized carbons (Fsp3) is 0.136. The monoisotopic (exact) mass is 398 g/mol. The third-order valence-electron chi connectivity index (χ3n) is 4.24. The first-order valence-electron chi connectivity index (χ1n) is 8.74. The van der Waals surface area contributed by atoms with Crippen LogP contribution < -0.4 is 15.4 Å². The van der Waals surface area contributed by atoms with Gasteiger partial charge < -0.3 is 10.1 Å². The Hall–Kier alpha value is -2.89. The number of carbonyl (C=O) groups excluding carboxylic acids is 1. The molecule has 0 aliphatic heterocycles. The van der Waals surface area contributed by atoms with Gasteiger partial charge in [0.05, 0.1) is 25.4 Å². The standard InChI is InChI=1S/C22H20ClFN2O2/c1-28-20-12-9-17(23)13-19(20)26-21(27)14-25-22(15-5-3-2-4-6-15)16-7-10-18(24)11-8-16/h2-13,22,25H,14H2,1H3,(H,26,27). The van der Waals surface area contributed by atoms with Crippen molar-refractivity contribution in [2.45, 2.75) is 6.04 Å². The van der Waals surface area contributed by atoms with E-state index in [1.807, 2.05) is 30.3 Å². The summed E-state index contributed by atoms with van der Waals surface area (Å²) in [5, 5.41) is 6.53. The van der Waals surface area contributed by atoms with Crippen LogP contribution in [0, 0.1) is 5.82 Å². The average molecular weight is 399 g/mol. The van der Waals surface area contributed by atoms with E-state index in [-0.39, 0.29) is 24.3 Å². The van der Waals surface area contributed by atoms with Gasteiger partial charge in [-0.3, -0.25) is 10.1 Å². The molecule has 2 N–H and O–H groups in total. The van der Waals surface area contributed by atoms with Crippen molar-refractivity contribution in [3.05, 3.63) is 94.8 Å². The number of ether oxygens (including phenoxy) is 1. The lowest BCUT2D eigenvalue weighted by Gasteiger charge is -2.20.